The Bertz CT molecular complexity index is 722. The summed E-state index contributed by atoms with van der Waals surface area (Å²) in [5, 5.41) is 0. The zero-order valence-corrected chi connectivity index (χ0v) is 11.4. The van der Waals surface area contributed by atoms with Gasteiger partial charge >= 0.3 is 0 Å². The topological polar surface area (TPSA) is 9.23 Å². The minimum Gasteiger partial charge on any atom is -0.488 e. The number of hydrogen-bond acceptors (Lipinski definition) is 1. The van der Waals surface area contributed by atoms with Crippen molar-refractivity contribution in [1.82, 2.24) is 0 Å². The van der Waals surface area contributed by atoms with Crippen LogP contribution in [0.3, 0.4) is 0 Å². The van der Waals surface area contributed by atoms with E-state index in [1.165, 1.54) is 12.1 Å². The Labute approximate surface area is 123 Å². The van der Waals surface area contributed by atoms with Crippen molar-refractivity contribution < 1.29 is 9.13 Å². The van der Waals surface area contributed by atoms with Crippen LogP contribution in [0.15, 0.2) is 72.8 Å². The SMILES string of the molecule is Fc1cccc(COc2[c]cccc2-c2ccccc2)c1. The molecule has 0 saturated carbocycles. The fourth-order valence-corrected chi connectivity index (χ4v) is 2.17. The first kappa shape index (κ1) is 13.4. The number of benzene rings is 3. The van der Waals surface area contributed by atoms with Crippen LogP contribution >= 0.6 is 0 Å². The second-order valence-electron chi connectivity index (χ2n) is 4.70. The number of ether oxygens (including phenoxy) is 1. The highest BCUT2D eigenvalue weighted by Gasteiger charge is 2.06. The van der Waals surface area contributed by atoms with E-state index in [-0.39, 0.29) is 5.82 Å². The summed E-state index contributed by atoms with van der Waals surface area (Å²) in [6.07, 6.45) is 0. The molecule has 0 spiro atoms. The van der Waals surface area contributed by atoms with Gasteiger partial charge in [-0.05, 0) is 23.3 Å². The monoisotopic (exact) mass is 277 g/mol. The van der Waals surface area contributed by atoms with Crippen molar-refractivity contribution >= 4 is 0 Å². The molecule has 0 aliphatic heterocycles. The van der Waals surface area contributed by atoms with E-state index in [0.29, 0.717) is 12.4 Å². The van der Waals surface area contributed by atoms with Crippen LogP contribution in [0.2, 0.25) is 0 Å². The molecule has 0 unspecified atom stereocenters. The van der Waals surface area contributed by atoms with Crippen molar-refractivity contribution in [3.8, 4) is 16.9 Å². The van der Waals surface area contributed by atoms with Gasteiger partial charge in [0.25, 0.3) is 0 Å². The lowest BCUT2D eigenvalue weighted by Crippen LogP contribution is -1.97. The summed E-state index contributed by atoms with van der Waals surface area (Å²) in [6.45, 7) is 0.318. The first-order valence-electron chi connectivity index (χ1n) is 6.76. The van der Waals surface area contributed by atoms with Crippen molar-refractivity contribution in [2.75, 3.05) is 0 Å². The molecule has 0 fully saturated rings. The molecule has 1 nitrogen and oxygen atoms in total. The molecule has 0 aliphatic carbocycles. The van der Waals surface area contributed by atoms with Gasteiger partial charge < -0.3 is 4.74 Å². The molecule has 0 amide bonds. The van der Waals surface area contributed by atoms with E-state index in [9.17, 15) is 4.39 Å². The molecule has 1 radical (unpaired) electrons. The summed E-state index contributed by atoms with van der Waals surface area (Å²) in [5.41, 5.74) is 2.85. The van der Waals surface area contributed by atoms with Gasteiger partial charge in [0.05, 0.1) is 0 Å². The highest BCUT2D eigenvalue weighted by atomic mass is 19.1. The molecule has 103 valence electrons. The van der Waals surface area contributed by atoms with Gasteiger partial charge in [0, 0.05) is 11.6 Å². The van der Waals surface area contributed by atoms with E-state index >= 15 is 0 Å². The van der Waals surface area contributed by atoms with E-state index < -0.39 is 0 Å². The summed E-state index contributed by atoms with van der Waals surface area (Å²) < 4.78 is 19.0. The Kier molecular flexibility index (Phi) is 3.97. The maximum atomic E-state index is 13.2. The van der Waals surface area contributed by atoms with Crippen LogP contribution in [0.25, 0.3) is 11.1 Å². The van der Waals surface area contributed by atoms with Gasteiger partial charge in [-0.2, -0.15) is 0 Å². The summed E-state index contributed by atoms with van der Waals surface area (Å²) in [7, 11) is 0. The third-order valence-electron chi connectivity index (χ3n) is 3.18. The average molecular weight is 277 g/mol. The van der Waals surface area contributed by atoms with Crippen LogP contribution in [0.1, 0.15) is 5.56 Å². The van der Waals surface area contributed by atoms with Crippen LogP contribution in [-0.2, 0) is 6.61 Å². The van der Waals surface area contributed by atoms with Crippen LogP contribution in [0, 0.1) is 11.9 Å². The Hall–Kier alpha value is -2.61. The lowest BCUT2D eigenvalue weighted by molar-refractivity contribution is 0.306. The van der Waals surface area contributed by atoms with E-state index in [4.69, 9.17) is 4.74 Å². The predicted octanol–water partition coefficient (Wildman–Crippen LogP) is 4.87. The van der Waals surface area contributed by atoms with E-state index in [1.54, 1.807) is 6.07 Å². The first-order valence-corrected chi connectivity index (χ1v) is 6.76. The highest BCUT2D eigenvalue weighted by molar-refractivity contribution is 5.69. The zero-order valence-electron chi connectivity index (χ0n) is 11.4. The van der Waals surface area contributed by atoms with Gasteiger partial charge in [-0.1, -0.05) is 60.7 Å². The number of hydrogen-bond donors (Lipinski definition) is 0. The molecular formula is C19H14FO. The van der Waals surface area contributed by atoms with E-state index in [0.717, 1.165) is 16.7 Å². The maximum Gasteiger partial charge on any atom is 0.135 e. The molecule has 0 aromatic heterocycles. The average Bonchev–Trinajstić information content (AvgIpc) is 2.54. The second kappa shape index (κ2) is 6.23. The summed E-state index contributed by atoms with van der Waals surface area (Å²) in [4.78, 5) is 0. The fraction of sp³-hybridized carbons (Fsp3) is 0.0526. The molecule has 0 aliphatic rings. The molecule has 0 saturated heterocycles. The lowest BCUT2D eigenvalue weighted by atomic mass is 10.0. The quantitative estimate of drug-likeness (QED) is 0.661. The summed E-state index contributed by atoms with van der Waals surface area (Å²) >= 11 is 0. The predicted molar refractivity (Wildman–Crippen MR) is 81.4 cm³/mol. The van der Waals surface area contributed by atoms with E-state index in [2.05, 4.69) is 6.07 Å². The second-order valence-corrected chi connectivity index (χ2v) is 4.70. The third-order valence-corrected chi connectivity index (χ3v) is 3.18. The molecule has 3 rings (SSSR count). The fourth-order valence-electron chi connectivity index (χ4n) is 2.17. The largest absolute Gasteiger partial charge is 0.488 e. The van der Waals surface area contributed by atoms with Gasteiger partial charge in [-0.25, -0.2) is 4.39 Å². The zero-order chi connectivity index (χ0) is 14.5. The van der Waals surface area contributed by atoms with Crippen LogP contribution < -0.4 is 4.74 Å². The minimum absolute atomic E-state index is 0.253. The smallest absolute Gasteiger partial charge is 0.135 e. The molecule has 0 atom stereocenters. The van der Waals surface area contributed by atoms with Crippen molar-refractivity contribution in [3.05, 3.63) is 90.2 Å². The molecule has 0 bridgehead atoms. The summed E-state index contributed by atoms with van der Waals surface area (Å²) in [5.74, 6) is 0.421. The Morgan fingerprint density at radius 1 is 0.905 bits per heavy atom. The molecule has 3 aromatic carbocycles. The number of rotatable bonds is 4. The normalized spacial score (nSPS) is 10.3. The van der Waals surface area contributed by atoms with Crippen LogP contribution in [0.4, 0.5) is 4.39 Å². The molecule has 0 N–H and O–H groups in total. The molecule has 2 heteroatoms. The van der Waals surface area contributed by atoms with Crippen LogP contribution in [0.5, 0.6) is 5.75 Å². The Morgan fingerprint density at radius 3 is 2.57 bits per heavy atom. The van der Waals surface area contributed by atoms with Gasteiger partial charge in [0.1, 0.15) is 18.2 Å². The third kappa shape index (κ3) is 3.29. The molecular weight excluding hydrogens is 263 g/mol. The number of halogens is 1. The van der Waals surface area contributed by atoms with Gasteiger partial charge in [-0.3, -0.25) is 0 Å². The minimum atomic E-state index is -0.253. The molecule has 0 heterocycles. The van der Waals surface area contributed by atoms with Crippen molar-refractivity contribution in [2.45, 2.75) is 6.61 Å². The Balaban J connectivity index is 1.83. The maximum absolute atomic E-state index is 13.2. The van der Waals surface area contributed by atoms with Gasteiger partial charge in [0.15, 0.2) is 0 Å². The van der Waals surface area contributed by atoms with E-state index in [1.807, 2.05) is 54.6 Å². The first-order chi connectivity index (χ1) is 10.3. The highest BCUT2D eigenvalue weighted by Crippen LogP contribution is 2.29. The van der Waals surface area contributed by atoms with Crippen LogP contribution in [-0.4, -0.2) is 0 Å². The van der Waals surface area contributed by atoms with Gasteiger partial charge in [0.2, 0.25) is 0 Å². The number of para-hydroxylation sites is 1. The summed E-state index contributed by atoms with van der Waals surface area (Å²) in [6, 6.07) is 25.3. The van der Waals surface area contributed by atoms with Crippen molar-refractivity contribution in [3.63, 3.8) is 0 Å². The molecule has 21 heavy (non-hydrogen) atoms. The van der Waals surface area contributed by atoms with Crippen molar-refractivity contribution in [2.24, 2.45) is 0 Å². The van der Waals surface area contributed by atoms with Gasteiger partial charge in [-0.15, -0.1) is 0 Å². The Morgan fingerprint density at radius 2 is 1.76 bits per heavy atom. The standard InChI is InChI=1S/C19H14FO/c20-17-10-6-7-15(13-17)14-21-19-12-5-4-11-18(19)16-8-2-1-3-9-16/h1-11,13H,14H2. The van der Waals surface area contributed by atoms with Crippen molar-refractivity contribution in [1.29, 1.82) is 0 Å². The lowest BCUT2D eigenvalue weighted by Gasteiger charge is -2.11. The molecule has 3 aromatic rings.